The monoisotopic (exact) mass is 310 g/mol. The van der Waals surface area contributed by atoms with Crippen LogP contribution in [0.1, 0.15) is 62.5 Å². The van der Waals surface area contributed by atoms with Gasteiger partial charge in [-0.05, 0) is 31.7 Å². The third-order valence-electron chi connectivity index (χ3n) is 3.37. The van der Waals surface area contributed by atoms with Crippen molar-refractivity contribution in [2.45, 2.75) is 65.0 Å². The molecular formula is C16H26N2O2S. The molecule has 1 aromatic heterocycles. The average Bonchev–Trinajstić information content (AvgIpc) is 2.97. The molecule has 2 N–H and O–H groups in total. The molecule has 1 rings (SSSR count). The smallest absolute Gasteiger partial charge is 0.261 e. The molecule has 2 amide bonds. The van der Waals surface area contributed by atoms with E-state index in [4.69, 9.17) is 0 Å². The van der Waals surface area contributed by atoms with Gasteiger partial charge in [-0.2, -0.15) is 0 Å². The highest BCUT2D eigenvalue weighted by Crippen LogP contribution is 2.08. The molecule has 0 radical (unpaired) electrons. The van der Waals surface area contributed by atoms with Crippen molar-refractivity contribution >= 4 is 23.2 Å². The van der Waals surface area contributed by atoms with Gasteiger partial charge in [0.2, 0.25) is 5.91 Å². The molecule has 21 heavy (non-hydrogen) atoms. The minimum atomic E-state index is -0.516. The molecule has 4 nitrogen and oxygen atoms in total. The first kappa shape index (κ1) is 17.7. The van der Waals surface area contributed by atoms with E-state index in [-0.39, 0.29) is 17.9 Å². The van der Waals surface area contributed by atoms with Crippen LogP contribution in [0.2, 0.25) is 0 Å². The Morgan fingerprint density at radius 3 is 2.57 bits per heavy atom. The van der Waals surface area contributed by atoms with E-state index in [0.717, 1.165) is 12.8 Å². The second kappa shape index (κ2) is 9.55. The predicted molar refractivity (Wildman–Crippen MR) is 87.6 cm³/mol. The molecule has 2 atom stereocenters. The second-order valence-corrected chi connectivity index (χ2v) is 6.38. The van der Waals surface area contributed by atoms with Gasteiger partial charge in [0, 0.05) is 6.04 Å². The summed E-state index contributed by atoms with van der Waals surface area (Å²) in [6.45, 7) is 5.91. The van der Waals surface area contributed by atoms with Gasteiger partial charge in [0.15, 0.2) is 0 Å². The lowest BCUT2D eigenvalue weighted by Crippen LogP contribution is -2.47. The maximum atomic E-state index is 12.0. The molecule has 1 heterocycles. The molecule has 0 aliphatic heterocycles. The van der Waals surface area contributed by atoms with Crippen LogP contribution < -0.4 is 10.6 Å². The van der Waals surface area contributed by atoms with Crippen molar-refractivity contribution in [3.05, 3.63) is 22.4 Å². The van der Waals surface area contributed by atoms with E-state index < -0.39 is 6.04 Å². The summed E-state index contributed by atoms with van der Waals surface area (Å²) in [6.07, 6.45) is 5.78. The van der Waals surface area contributed by atoms with Crippen LogP contribution in [-0.2, 0) is 4.79 Å². The Bertz CT molecular complexity index is 431. The molecule has 0 bridgehead atoms. The van der Waals surface area contributed by atoms with Crippen molar-refractivity contribution in [1.82, 2.24) is 10.6 Å². The number of nitrogens with one attached hydrogen (secondary N) is 2. The van der Waals surface area contributed by atoms with Crippen molar-refractivity contribution in [1.29, 1.82) is 0 Å². The lowest BCUT2D eigenvalue weighted by atomic mass is 10.1. The Balaban J connectivity index is 2.28. The second-order valence-electron chi connectivity index (χ2n) is 5.43. The van der Waals surface area contributed by atoms with E-state index in [1.165, 1.54) is 30.6 Å². The average molecular weight is 310 g/mol. The quantitative estimate of drug-likeness (QED) is 0.687. The lowest BCUT2D eigenvalue weighted by Gasteiger charge is -2.18. The van der Waals surface area contributed by atoms with Gasteiger partial charge in [-0.15, -0.1) is 11.3 Å². The lowest BCUT2D eigenvalue weighted by molar-refractivity contribution is -0.123. The number of carbonyl (C=O) groups excluding carboxylic acids is 2. The van der Waals surface area contributed by atoms with Gasteiger partial charge in [0.1, 0.15) is 6.04 Å². The normalized spacial score (nSPS) is 13.5. The zero-order valence-corrected chi connectivity index (χ0v) is 14.0. The van der Waals surface area contributed by atoms with E-state index in [2.05, 4.69) is 17.6 Å². The first-order valence-corrected chi connectivity index (χ1v) is 8.57. The number of hydrogen-bond acceptors (Lipinski definition) is 3. The molecule has 0 aliphatic rings. The van der Waals surface area contributed by atoms with Crippen LogP contribution in [0, 0.1) is 0 Å². The van der Waals surface area contributed by atoms with Crippen molar-refractivity contribution in [2.24, 2.45) is 0 Å². The molecule has 118 valence electrons. The SMILES string of the molecule is CCCCCCC(C)NC(=O)C(C)NC(=O)c1cccs1. The van der Waals surface area contributed by atoms with E-state index in [9.17, 15) is 9.59 Å². The van der Waals surface area contributed by atoms with Gasteiger partial charge >= 0.3 is 0 Å². The Morgan fingerprint density at radius 2 is 1.95 bits per heavy atom. The predicted octanol–water partition coefficient (Wildman–Crippen LogP) is 3.34. The van der Waals surface area contributed by atoms with Gasteiger partial charge in [-0.25, -0.2) is 0 Å². The van der Waals surface area contributed by atoms with Crippen LogP contribution in [0.5, 0.6) is 0 Å². The Hall–Kier alpha value is -1.36. The maximum absolute atomic E-state index is 12.0. The highest BCUT2D eigenvalue weighted by molar-refractivity contribution is 7.12. The van der Waals surface area contributed by atoms with Crippen LogP contribution in [0.4, 0.5) is 0 Å². The first-order chi connectivity index (χ1) is 10.0. The molecule has 0 aromatic carbocycles. The van der Waals surface area contributed by atoms with Crippen molar-refractivity contribution in [3.8, 4) is 0 Å². The largest absolute Gasteiger partial charge is 0.352 e. The minimum absolute atomic E-state index is 0.122. The summed E-state index contributed by atoms with van der Waals surface area (Å²) < 4.78 is 0. The summed E-state index contributed by atoms with van der Waals surface area (Å²) in [5.74, 6) is -0.314. The van der Waals surface area contributed by atoms with Crippen molar-refractivity contribution in [2.75, 3.05) is 0 Å². The van der Waals surface area contributed by atoms with Crippen LogP contribution in [0.3, 0.4) is 0 Å². The first-order valence-electron chi connectivity index (χ1n) is 7.69. The zero-order valence-electron chi connectivity index (χ0n) is 13.1. The Morgan fingerprint density at radius 1 is 1.19 bits per heavy atom. The van der Waals surface area contributed by atoms with Gasteiger partial charge in [0.25, 0.3) is 5.91 Å². The van der Waals surface area contributed by atoms with Crippen LogP contribution in [-0.4, -0.2) is 23.9 Å². The molecule has 5 heteroatoms. The number of carbonyl (C=O) groups is 2. The number of thiophene rings is 1. The molecule has 0 spiro atoms. The molecule has 0 fully saturated rings. The fourth-order valence-corrected chi connectivity index (χ4v) is 2.69. The zero-order chi connectivity index (χ0) is 15.7. The molecule has 0 saturated heterocycles. The molecule has 2 unspecified atom stereocenters. The number of hydrogen-bond donors (Lipinski definition) is 2. The fourth-order valence-electron chi connectivity index (χ4n) is 2.06. The third-order valence-corrected chi connectivity index (χ3v) is 4.23. The van der Waals surface area contributed by atoms with Gasteiger partial charge in [-0.1, -0.05) is 38.7 Å². The van der Waals surface area contributed by atoms with E-state index in [1.807, 2.05) is 18.4 Å². The van der Waals surface area contributed by atoms with E-state index in [0.29, 0.717) is 4.88 Å². The molecular weight excluding hydrogens is 284 g/mol. The number of rotatable bonds is 9. The van der Waals surface area contributed by atoms with Gasteiger partial charge in [-0.3, -0.25) is 9.59 Å². The Labute approximate surface area is 131 Å². The highest BCUT2D eigenvalue weighted by atomic mass is 32.1. The summed E-state index contributed by atoms with van der Waals surface area (Å²) in [5.41, 5.74) is 0. The Kier molecular flexibility index (Phi) is 8.05. The summed E-state index contributed by atoms with van der Waals surface area (Å²) in [7, 11) is 0. The third kappa shape index (κ3) is 6.76. The van der Waals surface area contributed by atoms with E-state index >= 15 is 0 Å². The number of amides is 2. The minimum Gasteiger partial charge on any atom is -0.352 e. The summed E-state index contributed by atoms with van der Waals surface area (Å²) in [6, 6.07) is 3.21. The van der Waals surface area contributed by atoms with Crippen LogP contribution >= 0.6 is 11.3 Å². The van der Waals surface area contributed by atoms with E-state index in [1.54, 1.807) is 13.0 Å². The fraction of sp³-hybridized carbons (Fsp3) is 0.625. The van der Waals surface area contributed by atoms with Crippen LogP contribution in [0.15, 0.2) is 17.5 Å². The van der Waals surface area contributed by atoms with Crippen LogP contribution in [0.25, 0.3) is 0 Å². The molecule has 0 aliphatic carbocycles. The number of unbranched alkanes of at least 4 members (excludes halogenated alkanes) is 3. The van der Waals surface area contributed by atoms with Gasteiger partial charge < -0.3 is 10.6 Å². The van der Waals surface area contributed by atoms with Crippen molar-refractivity contribution in [3.63, 3.8) is 0 Å². The van der Waals surface area contributed by atoms with Gasteiger partial charge in [0.05, 0.1) is 4.88 Å². The summed E-state index contributed by atoms with van der Waals surface area (Å²) >= 11 is 1.37. The summed E-state index contributed by atoms with van der Waals surface area (Å²) in [4.78, 5) is 24.5. The molecule has 0 saturated carbocycles. The maximum Gasteiger partial charge on any atom is 0.261 e. The summed E-state index contributed by atoms with van der Waals surface area (Å²) in [5, 5.41) is 7.53. The topological polar surface area (TPSA) is 58.2 Å². The van der Waals surface area contributed by atoms with Crippen molar-refractivity contribution < 1.29 is 9.59 Å². The standard InChI is InChI=1S/C16H26N2O2S/c1-4-5-6-7-9-12(2)17-15(19)13(3)18-16(20)14-10-8-11-21-14/h8,10-13H,4-7,9H2,1-3H3,(H,17,19)(H,18,20). The molecule has 1 aromatic rings. The highest BCUT2D eigenvalue weighted by Gasteiger charge is 2.18.